The van der Waals surface area contributed by atoms with Crippen LogP contribution in [0.2, 0.25) is 0 Å². The maximum absolute atomic E-state index is 11.3. The average molecular weight is 223 g/mol. The molecule has 0 aliphatic rings. The van der Waals surface area contributed by atoms with Crippen LogP contribution in [-0.4, -0.2) is 24.4 Å². The molecule has 0 radical (unpaired) electrons. The average Bonchev–Trinajstić information content (AvgIpc) is 2.31. The van der Waals surface area contributed by atoms with E-state index in [1.807, 2.05) is 25.1 Å². The summed E-state index contributed by atoms with van der Waals surface area (Å²) in [7, 11) is 0. The topological polar surface area (TPSA) is 58.6 Å². The highest BCUT2D eigenvalue weighted by Gasteiger charge is 2.08. The van der Waals surface area contributed by atoms with Crippen LogP contribution in [0.4, 0.5) is 10.5 Å². The maximum Gasteiger partial charge on any atom is 0.411 e. The quantitative estimate of drug-likeness (QED) is 0.805. The molecule has 1 rings (SSSR count). The van der Waals surface area contributed by atoms with Crippen molar-refractivity contribution < 1.29 is 14.6 Å². The molecule has 0 saturated heterocycles. The van der Waals surface area contributed by atoms with Crippen molar-refractivity contribution in [2.24, 2.45) is 5.92 Å². The zero-order chi connectivity index (χ0) is 11.8. The van der Waals surface area contributed by atoms with E-state index in [0.29, 0.717) is 5.69 Å². The van der Waals surface area contributed by atoms with Crippen molar-refractivity contribution >= 4 is 11.8 Å². The molecule has 0 bridgehead atoms. The summed E-state index contributed by atoms with van der Waals surface area (Å²) >= 11 is 0. The number of carbonyl (C=O) groups is 1. The Morgan fingerprint density at radius 1 is 1.44 bits per heavy atom. The molecule has 0 spiro atoms. The fraction of sp³-hybridized carbons (Fsp3) is 0.417. The molecule has 0 saturated carbocycles. The molecule has 1 amide bonds. The van der Waals surface area contributed by atoms with Crippen molar-refractivity contribution in [3.63, 3.8) is 0 Å². The monoisotopic (exact) mass is 223 g/mol. The molecule has 2 N–H and O–H groups in total. The van der Waals surface area contributed by atoms with Crippen LogP contribution in [0.25, 0.3) is 0 Å². The lowest BCUT2D eigenvalue weighted by atomic mass is 10.1. The van der Waals surface area contributed by atoms with E-state index in [9.17, 15) is 4.79 Å². The molecule has 88 valence electrons. The molecule has 1 aromatic carbocycles. The summed E-state index contributed by atoms with van der Waals surface area (Å²) in [6.45, 7) is 2.22. The number of para-hydroxylation sites is 1. The first-order chi connectivity index (χ1) is 7.76. The molecule has 0 fully saturated rings. The van der Waals surface area contributed by atoms with Gasteiger partial charge < -0.3 is 9.84 Å². The number of aliphatic hydroxyl groups excluding tert-OH is 1. The van der Waals surface area contributed by atoms with Crippen molar-refractivity contribution in [3.05, 3.63) is 30.3 Å². The summed E-state index contributed by atoms with van der Waals surface area (Å²) in [5.74, 6) is 0.0153. The van der Waals surface area contributed by atoms with Gasteiger partial charge in [0.1, 0.15) is 0 Å². The fourth-order valence-electron chi connectivity index (χ4n) is 1.17. The third-order valence-electron chi connectivity index (χ3n) is 2.31. The first kappa shape index (κ1) is 12.5. The molecular weight excluding hydrogens is 206 g/mol. The van der Waals surface area contributed by atoms with Gasteiger partial charge in [0.15, 0.2) is 0 Å². The normalized spacial score (nSPS) is 11.9. The van der Waals surface area contributed by atoms with Gasteiger partial charge in [-0.3, -0.25) is 5.32 Å². The van der Waals surface area contributed by atoms with E-state index < -0.39 is 6.09 Å². The molecule has 4 nitrogen and oxygen atoms in total. The number of rotatable bonds is 5. The van der Waals surface area contributed by atoms with Gasteiger partial charge in [0.2, 0.25) is 0 Å². The molecular formula is C12H17NO3. The highest BCUT2D eigenvalue weighted by molar-refractivity contribution is 5.84. The second-order valence-corrected chi connectivity index (χ2v) is 3.55. The van der Waals surface area contributed by atoms with Crippen molar-refractivity contribution in [1.82, 2.24) is 0 Å². The van der Waals surface area contributed by atoms with E-state index in [2.05, 4.69) is 5.32 Å². The van der Waals surface area contributed by atoms with E-state index in [0.717, 1.165) is 6.42 Å². The summed E-state index contributed by atoms with van der Waals surface area (Å²) in [4.78, 5) is 11.3. The second-order valence-electron chi connectivity index (χ2n) is 3.55. The predicted molar refractivity (Wildman–Crippen MR) is 62.3 cm³/mol. The summed E-state index contributed by atoms with van der Waals surface area (Å²) < 4.78 is 4.98. The van der Waals surface area contributed by atoms with Crippen LogP contribution in [0.15, 0.2) is 30.3 Å². The molecule has 4 heteroatoms. The lowest BCUT2D eigenvalue weighted by molar-refractivity contribution is 0.112. The van der Waals surface area contributed by atoms with Gasteiger partial charge in [-0.25, -0.2) is 4.79 Å². The van der Waals surface area contributed by atoms with Gasteiger partial charge in [0, 0.05) is 18.2 Å². The lowest BCUT2D eigenvalue weighted by Crippen LogP contribution is -2.20. The second kappa shape index (κ2) is 6.85. The summed E-state index contributed by atoms with van der Waals surface area (Å²) in [6.07, 6.45) is 0.299. The van der Waals surface area contributed by atoms with Crippen LogP contribution in [0, 0.1) is 5.92 Å². The van der Waals surface area contributed by atoms with E-state index in [4.69, 9.17) is 9.84 Å². The number of ether oxygens (including phenoxy) is 1. The molecule has 0 aliphatic carbocycles. The number of hydrogen-bond donors (Lipinski definition) is 2. The van der Waals surface area contributed by atoms with Crippen LogP contribution in [0.3, 0.4) is 0 Å². The lowest BCUT2D eigenvalue weighted by Gasteiger charge is -2.12. The highest BCUT2D eigenvalue weighted by Crippen LogP contribution is 2.07. The summed E-state index contributed by atoms with van der Waals surface area (Å²) in [6, 6.07) is 9.10. The zero-order valence-corrected chi connectivity index (χ0v) is 9.35. The minimum absolute atomic E-state index is 0.0153. The van der Waals surface area contributed by atoms with Crippen LogP contribution >= 0.6 is 0 Å². The minimum atomic E-state index is -0.488. The standard InChI is InChI=1S/C12H17NO3/c1-2-10(8-14)9-16-12(15)13-11-6-4-3-5-7-11/h3-7,10,14H,2,8-9H2,1H3,(H,13,15). The number of anilines is 1. The summed E-state index contributed by atoms with van der Waals surface area (Å²) in [5.41, 5.74) is 0.699. The van der Waals surface area contributed by atoms with E-state index in [1.165, 1.54) is 0 Å². The molecule has 16 heavy (non-hydrogen) atoms. The Morgan fingerprint density at radius 2 is 2.12 bits per heavy atom. The first-order valence-electron chi connectivity index (χ1n) is 5.36. The molecule has 0 aliphatic heterocycles. The Balaban J connectivity index is 2.31. The zero-order valence-electron chi connectivity index (χ0n) is 9.35. The Bertz CT molecular complexity index is 309. The van der Waals surface area contributed by atoms with Crippen LogP contribution in [-0.2, 0) is 4.74 Å². The first-order valence-corrected chi connectivity index (χ1v) is 5.36. The van der Waals surface area contributed by atoms with Gasteiger partial charge in [0.05, 0.1) is 6.61 Å². The van der Waals surface area contributed by atoms with Gasteiger partial charge in [-0.15, -0.1) is 0 Å². The molecule has 0 aromatic heterocycles. The SMILES string of the molecule is CCC(CO)COC(=O)Nc1ccccc1. The molecule has 1 atom stereocenters. The van der Waals surface area contributed by atoms with Crippen LogP contribution < -0.4 is 5.32 Å². The highest BCUT2D eigenvalue weighted by atomic mass is 16.5. The maximum atomic E-state index is 11.3. The van der Waals surface area contributed by atoms with Crippen molar-refractivity contribution in [2.45, 2.75) is 13.3 Å². The van der Waals surface area contributed by atoms with Gasteiger partial charge >= 0.3 is 6.09 Å². The largest absolute Gasteiger partial charge is 0.449 e. The van der Waals surface area contributed by atoms with Crippen LogP contribution in [0.1, 0.15) is 13.3 Å². The summed E-state index contributed by atoms with van der Waals surface area (Å²) in [5, 5.41) is 11.5. The Labute approximate surface area is 95.2 Å². The Hall–Kier alpha value is -1.55. The van der Waals surface area contributed by atoms with E-state index >= 15 is 0 Å². The molecule has 0 heterocycles. The minimum Gasteiger partial charge on any atom is -0.449 e. The number of carbonyl (C=O) groups excluding carboxylic acids is 1. The van der Waals surface area contributed by atoms with Crippen molar-refractivity contribution in [3.8, 4) is 0 Å². The van der Waals surface area contributed by atoms with Gasteiger partial charge in [0.25, 0.3) is 0 Å². The Kier molecular flexibility index (Phi) is 5.36. The van der Waals surface area contributed by atoms with Gasteiger partial charge in [-0.2, -0.15) is 0 Å². The van der Waals surface area contributed by atoms with Crippen molar-refractivity contribution in [1.29, 1.82) is 0 Å². The van der Waals surface area contributed by atoms with Crippen LogP contribution in [0.5, 0.6) is 0 Å². The smallest absolute Gasteiger partial charge is 0.411 e. The third kappa shape index (κ3) is 4.31. The molecule has 1 aromatic rings. The Morgan fingerprint density at radius 3 is 2.69 bits per heavy atom. The predicted octanol–water partition coefficient (Wildman–Crippen LogP) is 2.25. The third-order valence-corrected chi connectivity index (χ3v) is 2.31. The van der Waals surface area contributed by atoms with E-state index in [1.54, 1.807) is 12.1 Å². The number of aliphatic hydroxyl groups is 1. The number of amides is 1. The van der Waals surface area contributed by atoms with E-state index in [-0.39, 0.29) is 19.1 Å². The van der Waals surface area contributed by atoms with Gasteiger partial charge in [-0.1, -0.05) is 25.1 Å². The molecule has 1 unspecified atom stereocenters. The fourth-order valence-corrected chi connectivity index (χ4v) is 1.17. The number of benzene rings is 1. The number of nitrogens with one attached hydrogen (secondary N) is 1. The van der Waals surface area contributed by atoms with Gasteiger partial charge in [-0.05, 0) is 18.6 Å². The van der Waals surface area contributed by atoms with Crippen molar-refractivity contribution in [2.75, 3.05) is 18.5 Å². The number of hydrogen-bond acceptors (Lipinski definition) is 3.